The highest BCUT2D eigenvalue weighted by atomic mass is 32.2. The van der Waals surface area contributed by atoms with Gasteiger partial charge < -0.3 is 0 Å². The van der Waals surface area contributed by atoms with Crippen LogP contribution in [0.25, 0.3) is 11.3 Å². The van der Waals surface area contributed by atoms with Gasteiger partial charge in [-0.25, -0.2) is 0 Å². The third-order valence-electron chi connectivity index (χ3n) is 2.21. The topological polar surface area (TPSA) is 69.2 Å². The second-order valence-corrected chi connectivity index (χ2v) is 5.36. The van der Waals surface area contributed by atoms with E-state index in [2.05, 4.69) is 14.2 Å². The zero-order valence-electron chi connectivity index (χ0n) is 9.78. The lowest BCUT2D eigenvalue weighted by molar-refractivity contribution is 0.307. The molecule has 0 fully saturated rings. The van der Waals surface area contributed by atoms with Crippen molar-refractivity contribution >= 4 is 10.1 Å². The van der Waals surface area contributed by atoms with Gasteiger partial charge in [-0.1, -0.05) is 6.07 Å². The minimum Gasteiger partial charge on any atom is -0.264 e. The maximum atomic E-state index is 10.8. The molecule has 0 N–H and O–H groups in total. The van der Waals surface area contributed by atoms with E-state index in [0.29, 0.717) is 5.69 Å². The zero-order valence-corrected chi connectivity index (χ0v) is 10.6. The van der Waals surface area contributed by atoms with Crippen LogP contribution >= 0.6 is 0 Å². The van der Waals surface area contributed by atoms with E-state index in [4.69, 9.17) is 0 Å². The summed E-state index contributed by atoms with van der Waals surface area (Å²) >= 11 is 0. The fourth-order valence-electron chi connectivity index (χ4n) is 1.36. The predicted octanol–water partition coefficient (Wildman–Crippen LogP) is 1.62. The number of pyridine rings is 2. The minimum absolute atomic E-state index is 0.0542. The molecule has 2 heterocycles. The fraction of sp³-hybridized carbons (Fsp3) is 0.167. The second-order valence-electron chi connectivity index (χ2n) is 3.72. The van der Waals surface area contributed by atoms with Crippen LogP contribution in [0, 0.1) is 0 Å². The standard InChI is InChI=1S/C12H12N2O3S/c1-18(15,16)17-9-11-6-5-10(8-14-11)12-4-2-3-7-13-12/h2-8H,9H2,1H3. The molecule has 0 unspecified atom stereocenters. The number of hydrogen-bond acceptors (Lipinski definition) is 5. The molecule has 0 saturated carbocycles. The Kier molecular flexibility index (Phi) is 3.69. The van der Waals surface area contributed by atoms with E-state index in [-0.39, 0.29) is 6.61 Å². The van der Waals surface area contributed by atoms with Crippen molar-refractivity contribution in [3.8, 4) is 11.3 Å². The van der Waals surface area contributed by atoms with Gasteiger partial charge in [0, 0.05) is 18.0 Å². The fourth-order valence-corrected chi connectivity index (χ4v) is 1.70. The van der Waals surface area contributed by atoms with Crippen molar-refractivity contribution in [2.24, 2.45) is 0 Å². The summed E-state index contributed by atoms with van der Waals surface area (Å²) in [6.07, 6.45) is 4.36. The largest absolute Gasteiger partial charge is 0.264 e. The van der Waals surface area contributed by atoms with Gasteiger partial charge in [-0.05, 0) is 24.3 Å². The maximum Gasteiger partial charge on any atom is 0.264 e. The van der Waals surface area contributed by atoms with Crippen molar-refractivity contribution < 1.29 is 12.6 Å². The molecule has 0 saturated heterocycles. The molecule has 0 radical (unpaired) electrons. The third-order valence-corrected chi connectivity index (χ3v) is 2.75. The van der Waals surface area contributed by atoms with Crippen molar-refractivity contribution in [2.75, 3.05) is 6.26 Å². The predicted molar refractivity (Wildman–Crippen MR) is 67.1 cm³/mol. The Bertz CT molecular complexity index is 610. The smallest absolute Gasteiger partial charge is 0.264 e. The normalized spacial score (nSPS) is 11.4. The van der Waals surface area contributed by atoms with E-state index in [1.165, 1.54) is 0 Å². The molecule has 6 heteroatoms. The number of hydrogen-bond donors (Lipinski definition) is 0. The van der Waals surface area contributed by atoms with Gasteiger partial charge >= 0.3 is 0 Å². The summed E-state index contributed by atoms with van der Waals surface area (Å²) in [5.74, 6) is 0. The summed E-state index contributed by atoms with van der Waals surface area (Å²) in [5, 5.41) is 0. The van der Waals surface area contributed by atoms with Crippen molar-refractivity contribution in [1.82, 2.24) is 9.97 Å². The summed E-state index contributed by atoms with van der Waals surface area (Å²) in [4.78, 5) is 8.33. The number of rotatable bonds is 4. The molecule has 2 aromatic rings. The van der Waals surface area contributed by atoms with Crippen molar-refractivity contribution in [3.05, 3.63) is 48.4 Å². The molecule has 0 bridgehead atoms. The lowest BCUT2D eigenvalue weighted by atomic mass is 10.2. The van der Waals surface area contributed by atoms with E-state index in [0.717, 1.165) is 17.5 Å². The third kappa shape index (κ3) is 3.61. The molecule has 0 aliphatic carbocycles. The monoisotopic (exact) mass is 264 g/mol. The average Bonchev–Trinajstić information content (AvgIpc) is 2.37. The lowest BCUT2D eigenvalue weighted by Gasteiger charge is -2.03. The maximum absolute atomic E-state index is 10.8. The Morgan fingerprint density at radius 1 is 1.17 bits per heavy atom. The van der Waals surface area contributed by atoms with Gasteiger partial charge in [-0.3, -0.25) is 14.2 Å². The Labute approximate surface area is 106 Å². The van der Waals surface area contributed by atoms with E-state index in [9.17, 15) is 8.42 Å². The van der Waals surface area contributed by atoms with Gasteiger partial charge in [0.05, 0.1) is 17.6 Å². The SMILES string of the molecule is CS(=O)(=O)OCc1ccc(-c2ccccn2)cn1. The van der Waals surface area contributed by atoms with Crippen molar-refractivity contribution in [1.29, 1.82) is 0 Å². The summed E-state index contributed by atoms with van der Waals surface area (Å²) in [6.45, 7) is -0.0542. The molecular formula is C12H12N2O3S. The summed E-state index contributed by atoms with van der Waals surface area (Å²) in [6, 6.07) is 9.16. The molecule has 0 atom stereocenters. The van der Waals surface area contributed by atoms with Gasteiger partial charge in [0.25, 0.3) is 10.1 Å². The van der Waals surface area contributed by atoms with Crippen LogP contribution in [0.2, 0.25) is 0 Å². The van der Waals surface area contributed by atoms with Crippen molar-refractivity contribution in [3.63, 3.8) is 0 Å². The second kappa shape index (κ2) is 5.24. The van der Waals surface area contributed by atoms with Crippen LogP contribution < -0.4 is 0 Å². The molecule has 2 rings (SSSR count). The first-order valence-corrected chi connectivity index (χ1v) is 7.07. The first kappa shape index (κ1) is 12.7. The average molecular weight is 264 g/mol. The van der Waals surface area contributed by atoms with E-state index in [1.54, 1.807) is 18.5 Å². The molecule has 94 valence electrons. The van der Waals surface area contributed by atoms with Crippen LogP contribution in [0.15, 0.2) is 42.7 Å². The zero-order chi connectivity index (χ0) is 13.0. The van der Waals surface area contributed by atoms with Crippen LogP contribution in [0.5, 0.6) is 0 Å². The summed E-state index contributed by atoms with van der Waals surface area (Å²) in [5.41, 5.74) is 2.25. The van der Waals surface area contributed by atoms with Crippen LogP contribution in [0.4, 0.5) is 0 Å². The first-order valence-electron chi connectivity index (χ1n) is 5.25. The minimum atomic E-state index is -3.44. The number of aromatic nitrogens is 2. The quantitative estimate of drug-likeness (QED) is 0.785. The highest BCUT2D eigenvalue weighted by Crippen LogP contribution is 2.15. The van der Waals surface area contributed by atoms with Crippen molar-refractivity contribution in [2.45, 2.75) is 6.61 Å². The molecule has 0 spiro atoms. The molecule has 0 amide bonds. The highest BCUT2D eigenvalue weighted by Gasteiger charge is 2.04. The van der Waals surface area contributed by atoms with Gasteiger partial charge in [-0.2, -0.15) is 8.42 Å². The van der Waals surface area contributed by atoms with Crippen LogP contribution in [0.3, 0.4) is 0 Å². The van der Waals surface area contributed by atoms with Gasteiger partial charge in [0.15, 0.2) is 0 Å². The molecule has 2 aromatic heterocycles. The van der Waals surface area contributed by atoms with E-state index in [1.807, 2.05) is 24.3 Å². The summed E-state index contributed by atoms with van der Waals surface area (Å²) in [7, 11) is -3.44. The lowest BCUT2D eigenvalue weighted by Crippen LogP contribution is -2.03. The van der Waals surface area contributed by atoms with E-state index < -0.39 is 10.1 Å². The first-order chi connectivity index (χ1) is 8.54. The van der Waals surface area contributed by atoms with Crippen LogP contribution in [-0.2, 0) is 20.9 Å². The molecule has 0 aliphatic heterocycles. The van der Waals surface area contributed by atoms with Gasteiger partial charge in [0.2, 0.25) is 0 Å². The van der Waals surface area contributed by atoms with Crippen LogP contribution in [-0.4, -0.2) is 24.6 Å². The van der Waals surface area contributed by atoms with Gasteiger partial charge in [-0.15, -0.1) is 0 Å². The Hall–Kier alpha value is -1.79. The molecule has 0 aromatic carbocycles. The molecule has 5 nitrogen and oxygen atoms in total. The van der Waals surface area contributed by atoms with Gasteiger partial charge in [0.1, 0.15) is 6.61 Å². The Morgan fingerprint density at radius 3 is 2.56 bits per heavy atom. The highest BCUT2D eigenvalue weighted by molar-refractivity contribution is 7.85. The molecular weight excluding hydrogens is 252 g/mol. The summed E-state index contributed by atoms with van der Waals surface area (Å²) < 4.78 is 26.3. The number of nitrogens with zero attached hydrogens (tertiary/aromatic N) is 2. The molecule has 18 heavy (non-hydrogen) atoms. The molecule has 0 aliphatic rings. The van der Waals surface area contributed by atoms with Crippen LogP contribution in [0.1, 0.15) is 5.69 Å². The Balaban J connectivity index is 2.11. The Morgan fingerprint density at radius 2 is 2.00 bits per heavy atom. The van der Waals surface area contributed by atoms with E-state index >= 15 is 0 Å².